The van der Waals surface area contributed by atoms with Crippen molar-refractivity contribution >= 4 is 45.4 Å². The van der Waals surface area contributed by atoms with E-state index in [2.05, 4.69) is 9.97 Å². The van der Waals surface area contributed by atoms with Crippen LogP contribution in [0.3, 0.4) is 0 Å². The molecule has 2 heterocycles. The van der Waals surface area contributed by atoms with Crippen molar-refractivity contribution in [3.05, 3.63) is 35.6 Å². The number of hydrogen-bond donors (Lipinski definition) is 2. The molecule has 0 aliphatic carbocycles. The van der Waals surface area contributed by atoms with Crippen molar-refractivity contribution in [3.63, 3.8) is 0 Å². The number of aromatic nitrogens is 4. The third kappa shape index (κ3) is 3.04. The van der Waals surface area contributed by atoms with E-state index in [9.17, 15) is 0 Å². The van der Waals surface area contributed by atoms with E-state index in [-0.39, 0.29) is 22.5 Å². The van der Waals surface area contributed by atoms with Gasteiger partial charge in [-0.2, -0.15) is 5.10 Å². The largest absolute Gasteiger partial charge is 0.383 e. The minimum absolute atomic E-state index is 0. The Bertz CT molecular complexity index is 828. The van der Waals surface area contributed by atoms with E-state index >= 15 is 0 Å². The lowest BCUT2D eigenvalue weighted by Crippen LogP contribution is -2.36. The quantitative estimate of drug-likeness (QED) is 0.708. The summed E-state index contributed by atoms with van der Waals surface area (Å²) in [7, 11) is 0. The Morgan fingerprint density at radius 3 is 2.43 bits per heavy atom. The summed E-state index contributed by atoms with van der Waals surface area (Å²) < 4.78 is 1.81. The third-order valence-corrected chi connectivity index (χ3v) is 3.94. The van der Waals surface area contributed by atoms with Gasteiger partial charge in [-0.25, -0.2) is 14.6 Å². The normalized spacial score (nSPS) is 11.5. The number of fused-ring (bicyclic) bond motifs is 1. The van der Waals surface area contributed by atoms with Gasteiger partial charge in [0.15, 0.2) is 5.65 Å². The summed E-state index contributed by atoms with van der Waals surface area (Å²) in [5.74, 6) is 0.397. The lowest BCUT2D eigenvalue weighted by Gasteiger charge is -2.23. The van der Waals surface area contributed by atoms with Crippen LogP contribution in [0.2, 0.25) is 5.02 Å². The molecule has 23 heavy (non-hydrogen) atoms. The van der Waals surface area contributed by atoms with Gasteiger partial charge in [-0.1, -0.05) is 23.7 Å². The monoisotopic (exact) mass is 396 g/mol. The molecule has 0 amide bonds. The second kappa shape index (κ2) is 6.43. The summed E-state index contributed by atoms with van der Waals surface area (Å²) in [6, 6.07) is 7.43. The minimum atomic E-state index is -0.385. The first-order valence-corrected chi connectivity index (χ1v) is 7.27. The van der Waals surface area contributed by atoms with Crippen molar-refractivity contribution in [2.45, 2.75) is 19.4 Å². The number of nitrogens with zero attached hydrogens (tertiary/aromatic N) is 4. The summed E-state index contributed by atoms with van der Waals surface area (Å²) in [5, 5.41) is 6.10. The van der Waals surface area contributed by atoms with Gasteiger partial charge >= 0.3 is 0 Å². The topological polar surface area (TPSA) is 95.6 Å². The van der Waals surface area contributed by atoms with E-state index in [0.29, 0.717) is 23.0 Å². The maximum absolute atomic E-state index is 6.06. The highest BCUT2D eigenvalue weighted by Crippen LogP contribution is 2.33. The maximum Gasteiger partial charge on any atom is 0.164 e. The second-order valence-corrected chi connectivity index (χ2v) is 6.18. The third-order valence-electron chi connectivity index (χ3n) is 3.68. The number of rotatable bonds is 3. The molecule has 0 radical (unpaired) electrons. The zero-order valence-electron chi connectivity index (χ0n) is 12.8. The Labute approximate surface area is 149 Å². The fourth-order valence-corrected chi connectivity index (χ4v) is 2.42. The first-order chi connectivity index (χ1) is 10.4. The number of hydrogen-bond acceptors (Lipinski definition) is 5. The average Bonchev–Trinajstić information content (AvgIpc) is 2.90. The van der Waals surface area contributed by atoms with Gasteiger partial charge in [0.2, 0.25) is 0 Å². The zero-order valence-corrected chi connectivity index (χ0v) is 15.3. The van der Waals surface area contributed by atoms with Gasteiger partial charge in [-0.3, -0.25) is 0 Å². The first kappa shape index (κ1) is 17.7. The predicted octanol–water partition coefficient (Wildman–Crippen LogP) is 3.00. The lowest BCUT2D eigenvalue weighted by molar-refractivity contribution is 0.340. The molecule has 0 fully saturated rings. The van der Waals surface area contributed by atoms with Crippen LogP contribution in [0.1, 0.15) is 13.8 Å². The molecular formula is C15H18BrClN6. The fraction of sp³-hybridized carbons (Fsp3) is 0.267. The van der Waals surface area contributed by atoms with Gasteiger partial charge in [0.25, 0.3) is 0 Å². The Morgan fingerprint density at radius 1 is 1.17 bits per heavy atom. The first-order valence-electron chi connectivity index (χ1n) is 6.90. The minimum Gasteiger partial charge on any atom is -0.383 e. The van der Waals surface area contributed by atoms with Crippen LogP contribution in [-0.4, -0.2) is 26.3 Å². The van der Waals surface area contributed by atoms with Crippen molar-refractivity contribution in [2.75, 3.05) is 12.3 Å². The Balaban J connectivity index is 0.00000192. The molecule has 0 bridgehead atoms. The van der Waals surface area contributed by atoms with E-state index in [0.717, 1.165) is 16.6 Å². The van der Waals surface area contributed by atoms with Crippen LogP contribution in [0.5, 0.6) is 0 Å². The highest BCUT2D eigenvalue weighted by Gasteiger charge is 2.26. The van der Waals surface area contributed by atoms with Crippen molar-refractivity contribution in [1.82, 2.24) is 19.7 Å². The molecule has 0 aliphatic heterocycles. The van der Waals surface area contributed by atoms with Crippen molar-refractivity contribution < 1.29 is 0 Å². The molecule has 0 unspecified atom stereocenters. The molecular weight excluding hydrogens is 380 g/mol. The van der Waals surface area contributed by atoms with Gasteiger partial charge in [0.05, 0.1) is 10.9 Å². The van der Waals surface area contributed by atoms with E-state index in [4.69, 9.17) is 28.2 Å². The molecule has 8 heteroatoms. The van der Waals surface area contributed by atoms with E-state index in [1.807, 2.05) is 42.8 Å². The molecule has 4 N–H and O–H groups in total. The van der Waals surface area contributed by atoms with Gasteiger partial charge in [-0.15, -0.1) is 17.0 Å². The molecule has 1 aromatic carbocycles. The van der Waals surface area contributed by atoms with Crippen LogP contribution in [0.25, 0.3) is 22.3 Å². The molecule has 122 valence electrons. The summed E-state index contributed by atoms with van der Waals surface area (Å²) >= 11 is 5.96. The van der Waals surface area contributed by atoms with Crippen LogP contribution in [-0.2, 0) is 5.54 Å². The van der Waals surface area contributed by atoms with Gasteiger partial charge in [-0.05, 0) is 26.0 Å². The van der Waals surface area contributed by atoms with Gasteiger partial charge in [0.1, 0.15) is 17.8 Å². The number of halogens is 2. The average molecular weight is 398 g/mol. The predicted molar refractivity (Wildman–Crippen MR) is 98.9 cm³/mol. The molecule has 0 aliphatic rings. The van der Waals surface area contributed by atoms with Crippen LogP contribution in [0, 0.1) is 0 Å². The summed E-state index contributed by atoms with van der Waals surface area (Å²) in [6.45, 7) is 4.43. The number of nitrogen functional groups attached to an aromatic ring is 1. The molecule has 3 aromatic rings. The van der Waals surface area contributed by atoms with Crippen LogP contribution in [0.15, 0.2) is 30.6 Å². The molecule has 0 saturated carbocycles. The Morgan fingerprint density at radius 2 is 1.83 bits per heavy atom. The van der Waals surface area contributed by atoms with Crippen LogP contribution < -0.4 is 11.5 Å². The highest BCUT2D eigenvalue weighted by atomic mass is 79.9. The van der Waals surface area contributed by atoms with Crippen molar-refractivity contribution in [2.24, 2.45) is 5.73 Å². The smallest absolute Gasteiger partial charge is 0.164 e. The standard InChI is InChI=1S/C15H17ClN6.BrH/c1-15(2,7-17)22-14-11(13(18)19-8-20-14)12(21-22)9-3-5-10(16)6-4-9;/h3-6,8H,7,17H2,1-2H3,(H2,18,19,20);1H. The van der Waals surface area contributed by atoms with Gasteiger partial charge in [0, 0.05) is 17.1 Å². The highest BCUT2D eigenvalue weighted by molar-refractivity contribution is 8.93. The number of nitrogens with two attached hydrogens (primary N) is 2. The Hall–Kier alpha value is -1.70. The molecule has 2 aromatic heterocycles. The molecule has 3 rings (SSSR count). The summed E-state index contributed by atoms with van der Waals surface area (Å²) in [6.07, 6.45) is 1.44. The number of anilines is 1. The van der Waals surface area contributed by atoms with E-state index in [1.54, 1.807) is 0 Å². The zero-order chi connectivity index (χ0) is 15.9. The van der Waals surface area contributed by atoms with Crippen LogP contribution >= 0.6 is 28.6 Å². The molecule has 0 atom stereocenters. The Kier molecular flexibility index (Phi) is 4.93. The number of benzene rings is 1. The molecule has 6 nitrogen and oxygen atoms in total. The van der Waals surface area contributed by atoms with E-state index in [1.165, 1.54) is 6.33 Å². The molecule has 0 saturated heterocycles. The van der Waals surface area contributed by atoms with Gasteiger partial charge < -0.3 is 11.5 Å². The molecule has 0 spiro atoms. The second-order valence-electron chi connectivity index (χ2n) is 5.74. The lowest BCUT2D eigenvalue weighted by atomic mass is 10.1. The maximum atomic E-state index is 6.06. The summed E-state index contributed by atoms with van der Waals surface area (Å²) in [5.41, 5.74) is 13.9. The summed E-state index contributed by atoms with van der Waals surface area (Å²) in [4.78, 5) is 8.44. The SMILES string of the molecule is Br.CC(C)(CN)n1nc(-c2ccc(Cl)cc2)c2c(N)ncnc21. The van der Waals surface area contributed by atoms with Crippen LogP contribution in [0.4, 0.5) is 5.82 Å². The fourth-order valence-electron chi connectivity index (χ4n) is 2.29. The van der Waals surface area contributed by atoms with Crippen molar-refractivity contribution in [3.8, 4) is 11.3 Å². The van der Waals surface area contributed by atoms with Crippen molar-refractivity contribution in [1.29, 1.82) is 0 Å². The van der Waals surface area contributed by atoms with E-state index < -0.39 is 0 Å².